The van der Waals surface area contributed by atoms with Gasteiger partial charge < -0.3 is 10.6 Å². The number of anilines is 1. The minimum absolute atomic E-state index is 0.139. The number of halogens is 1. The van der Waals surface area contributed by atoms with Gasteiger partial charge in [-0.1, -0.05) is 6.92 Å². The predicted octanol–water partition coefficient (Wildman–Crippen LogP) is 1.51. The lowest BCUT2D eigenvalue weighted by Gasteiger charge is -2.29. The second kappa shape index (κ2) is 6.29. The Morgan fingerprint density at radius 1 is 1.38 bits per heavy atom. The largest absolute Gasteiger partial charge is 0.399 e. The number of nitrogens with zero attached hydrogens (tertiary/aromatic N) is 2. The first-order valence-electron chi connectivity index (χ1n) is 7.11. The van der Waals surface area contributed by atoms with Crippen molar-refractivity contribution >= 4 is 15.7 Å². The first-order chi connectivity index (χ1) is 9.86. The van der Waals surface area contributed by atoms with Gasteiger partial charge in [0.2, 0.25) is 10.0 Å². The molecule has 1 atom stereocenters. The lowest BCUT2D eigenvalue weighted by molar-refractivity contribution is 0.270. The highest BCUT2D eigenvalue weighted by molar-refractivity contribution is 7.89. The lowest BCUT2D eigenvalue weighted by Crippen LogP contribution is -2.43. The molecule has 5 nitrogen and oxygen atoms in total. The summed E-state index contributed by atoms with van der Waals surface area (Å²) in [5, 5.41) is 0. The topological polar surface area (TPSA) is 66.6 Å². The van der Waals surface area contributed by atoms with Crippen LogP contribution in [0.4, 0.5) is 10.1 Å². The van der Waals surface area contributed by atoms with Crippen LogP contribution in [0.2, 0.25) is 0 Å². The van der Waals surface area contributed by atoms with E-state index in [1.165, 1.54) is 16.4 Å². The first kappa shape index (κ1) is 16.2. The van der Waals surface area contributed by atoms with Crippen molar-refractivity contribution in [3.8, 4) is 0 Å². The quantitative estimate of drug-likeness (QED) is 0.859. The molecule has 7 heteroatoms. The van der Waals surface area contributed by atoms with E-state index in [0.29, 0.717) is 19.5 Å². The number of rotatable bonds is 3. The highest BCUT2D eigenvalue weighted by atomic mass is 32.2. The van der Waals surface area contributed by atoms with Crippen LogP contribution in [0.1, 0.15) is 19.8 Å². The minimum Gasteiger partial charge on any atom is -0.399 e. The van der Waals surface area contributed by atoms with Crippen molar-refractivity contribution in [2.24, 2.45) is 0 Å². The first-order valence-corrected chi connectivity index (χ1v) is 8.55. The summed E-state index contributed by atoms with van der Waals surface area (Å²) in [5.74, 6) is -0.789. The van der Waals surface area contributed by atoms with Crippen LogP contribution >= 0.6 is 0 Å². The molecule has 2 rings (SSSR count). The maximum absolute atomic E-state index is 14.0. The second-order valence-corrected chi connectivity index (χ2v) is 7.34. The van der Waals surface area contributed by atoms with Crippen molar-refractivity contribution in [1.82, 2.24) is 9.21 Å². The van der Waals surface area contributed by atoms with Crippen LogP contribution in [0.25, 0.3) is 0 Å². The van der Waals surface area contributed by atoms with E-state index in [0.717, 1.165) is 19.0 Å². The lowest BCUT2D eigenvalue weighted by atomic mass is 10.2. The van der Waals surface area contributed by atoms with Crippen molar-refractivity contribution in [2.75, 3.05) is 32.4 Å². The van der Waals surface area contributed by atoms with E-state index in [9.17, 15) is 12.8 Å². The van der Waals surface area contributed by atoms with E-state index in [4.69, 9.17) is 5.73 Å². The Morgan fingerprint density at radius 3 is 2.71 bits per heavy atom. The van der Waals surface area contributed by atoms with Crippen LogP contribution < -0.4 is 5.73 Å². The van der Waals surface area contributed by atoms with Gasteiger partial charge in [0.15, 0.2) is 0 Å². The molecule has 0 amide bonds. The van der Waals surface area contributed by atoms with E-state index >= 15 is 0 Å². The molecule has 1 aromatic rings. The van der Waals surface area contributed by atoms with Gasteiger partial charge in [0.05, 0.1) is 0 Å². The summed E-state index contributed by atoms with van der Waals surface area (Å²) in [6.45, 7) is 3.86. The van der Waals surface area contributed by atoms with E-state index in [1.807, 2.05) is 14.0 Å². The summed E-state index contributed by atoms with van der Waals surface area (Å²) in [4.78, 5) is 1.82. The monoisotopic (exact) mass is 315 g/mol. The normalized spacial score (nSPS) is 22.1. The molecule has 118 valence electrons. The molecule has 0 aliphatic carbocycles. The molecule has 0 spiro atoms. The third-order valence-corrected chi connectivity index (χ3v) is 5.85. The van der Waals surface area contributed by atoms with Gasteiger partial charge in [0.1, 0.15) is 10.7 Å². The van der Waals surface area contributed by atoms with Gasteiger partial charge in [-0.2, -0.15) is 4.31 Å². The molecule has 1 aliphatic heterocycles. The molecule has 1 saturated heterocycles. The van der Waals surface area contributed by atoms with Crippen molar-refractivity contribution in [3.05, 3.63) is 24.0 Å². The van der Waals surface area contributed by atoms with Crippen LogP contribution in [0, 0.1) is 5.82 Å². The van der Waals surface area contributed by atoms with E-state index in [2.05, 4.69) is 4.90 Å². The van der Waals surface area contributed by atoms with Crippen molar-refractivity contribution in [2.45, 2.75) is 30.7 Å². The molecule has 1 fully saturated rings. The molecule has 1 aliphatic rings. The molecule has 1 heterocycles. The Bertz CT molecular complexity index is 606. The Morgan fingerprint density at radius 2 is 2.10 bits per heavy atom. The third-order valence-electron chi connectivity index (χ3n) is 3.86. The van der Waals surface area contributed by atoms with E-state index in [-0.39, 0.29) is 16.6 Å². The molecule has 0 radical (unpaired) electrons. The SMILES string of the molecule is CCC1CN(C)CCCN1S(=O)(=O)c1ccc(N)cc1F. The van der Waals surface area contributed by atoms with Gasteiger partial charge in [0.25, 0.3) is 0 Å². The summed E-state index contributed by atoms with van der Waals surface area (Å²) in [7, 11) is -1.87. The predicted molar refractivity (Wildman–Crippen MR) is 80.9 cm³/mol. The molecule has 0 bridgehead atoms. The smallest absolute Gasteiger partial charge is 0.246 e. The Kier molecular flexibility index (Phi) is 4.85. The molecule has 21 heavy (non-hydrogen) atoms. The second-order valence-electron chi connectivity index (χ2n) is 5.48. The zero-order valence-corrected chi connectivity index (χ0v) is 13.2. The average molecular weight is 315 g/mol. The van der Waals surface area contributed by atoms with Gasteiger partial charge in [0, 0.05) is 24.8 Å². The molecular weight excluding hydrogens is 293 g/mol. The van der Waals surface area contributed by atoms with Gasteiger partial charge >= 0.3 is 0 Å². The van der Waals surface area contributed by atoms with Gasteiger partial charge in [-0.25, -0.2) is 12.8 Å². The standard InChI is InChI=1S/C14H22FN3O2S/c1-3-12-10-17(2)7-4-8-18(12)21(19,20)14-6-5-11(16)9-13(14)15/h5-6,9,12H,3-4,7-8,10,16H2,1-2H3. The summed E-state index contributed by atoms with van der Waals surface area (Å²) in [5.41, 5.74) is 5.71. The van der Waals surface area contributed by atoms with Crippen LogP contribution in [0.3, 0.4) is 0 Å². The molecule has 0 aromatic heterocycles. The fourth-order valence-electron chi connectivity index (χ4n) is 2.72. The molecule has 1 aromatic carbocycles. The van der Waals surface area contributed by atoms with Gasteiger partial charge in [-0.15, -0.1) is 0 Å². The highest BCUT2D eigenvalue weighted by Gasteiger charge is 2.34. The average Bonchev–Trinajstić information content (AvgIpc) is 2.59. The zero-order chi connectivity index (χ0) is 15.6. The van der Waals surface area contributed by atoms with Crippen LogP contribution in [0.5, 0.6) is 0 Å². The molecule has 1 unspecified atom stereocenters. The number of hydrogen-bond acceptors (Lipinski definition) is 4. The van der Waals surface area contributed by atoms with Gasteiger partial charge in [-0.05, 0) is 44.6 Å². The number of sulfonamides is 1. The van der Waals surface area contributed by atoms with Crippen molar-refractivity contribution in [3.63, 3.8) is 0 Å². The fraction of sp³-hybridized carbons (Fsp3) is 0.571. The maximum Gasteiger partial charge on any atom is 0.246 e. The number of nitrogens with two attached hydrogens (primary N) is 1. The van der Waals surface area contributed by atoms with E-state index in [1.54, 1.807) is 0 Å². The maximum atomic E-state index is 14.0. The minimum atomic E-state index is -3.84. The summed E-state index contributed by atoms with van der Waals surface area (Å²) in [6.07, 6.45) is 1.43. The number of benzene rings is 1. The number of nitrogen functional groups attached to an aromatic ring is 1. The third kappa shape index (κ3) is 3.36. The Balaban J connectivity index is 2.41. The molecular formula is C14H22FN3O2S. The van der Waals surface area contributed by atoms with Crippen molar-refractivity contribution < 1.29 is 12.8 Å². The zero-order valence-electron chi connectivity index (χ0n) is 12.4. The van der Waals surface area contributed by atoms with Crippen LogP contribution in [0.15, 0.2) is 23.1 Å². The summed E-state index contributed by atoms with van der Waals surface area (Å²) < 4.78 is 41.0. The number of hydrogen-bond donors (Lipinski definition) is 1. The highest BCUT2D eigenvalue weighted by Crippen LogP contribution is 2.25. The van der Waals surface area contributed by atoms with Crippen LogP contribution in [-0.4, -0.2) is 50.3 Å². The summed E-state index contributed by atoms with van der Waals surface area (Å²) >= 11 is 0. The van der Waals surface area contributed by atoms with Crippen LogP contribution in [-0.2, 0) is 10.0 Å². The van der Waals surface area contributed by atoms with Crippen molar-refractivity contribution in [1.29, 1.82) is 0 Å². The van der Waals surface area contributed by atoms with E-state index < -0.39 is 15.8 Å². The van der Waals surface area contributed by atoms with Gasteiger partial charge in [-0.3, -0.25) is 0 Å². The molecule has 2 N–H and O–H groups in total. The summed E-state index contributed by atoms with van der Waals surface area (Å²) in [6, 6.07) is 3.58. The number of likely N-dealkylation sites (N-methyl/N-ethyl adjacent to an activating group) is 1. The fourth-order valence-corrected chi connectivity index (χ4v) is 4.50. The molecule has 0 saturated carbocycles. The Hall–Kier alpha value is -1.18. The Labute approximate surface area is 125 Å².